The molecule has 1 saturated heterocycles. The third-order valence-electron chi connectivity index (χ3n) is 5.17. The van der Waals surface area contributed by atoms with E-state index in [9.17, 15) is 0 Å². The summed E-state index contributed by atoms with van der Waals surface area (Å²) in [7, 11) is 0. The molecule has 2 unspecified atom stereocenters. The monoisotopic (exact) mass is 278 g/mol. The summed E-state index contributed by atoms with van der Waals surface area (Å²) in [4.78, 5) is 2.48. The van der Waals surface area contributed by atoms with Crippen molar-refractivity contribution >= 4 is 18.2 Å². The second-order valence-electron chi connectivity index (χ2n) is 6.47. The van der Waals surface area contributed by atoms with Crippen LogP contribution in [0, 0.1) is 16.6 Å². The molecule has 0 aromatic carbocycles. The van der Waals surface area contributed by atoms with Crippen molar-refractivity contribution in [3.8, 4) is 0 Å². The summed E-state index contributed by atoms with van der Waals surface area (Å²) in [5.41, 5.74) is 0. The van der Waals surface area contributed by atoms with Gasteiger partial charge in [-0.05, 0) is 49.7 Å². The van der Waals surface area contributed by atoms with Crippen LogP contribution in [0.2, 0.25) is 0 Å². The number of nitrogens with one attached hydrogen (secondary N) is 1. The Balaban J connectivity index is 1.58. The van der Waals surface area contributed by atoms with Gasteiger partial charge in [-0.15, -0.1) is 5.10 Å². The maximum absolute atomic E-state index is 5.39. The third kappa shape index (κ3) is 2.12. The molecule has 0 amide bonds. The lowest BCUT2D eigenvalue weighted by molar-refractivity contribution is 0.201. The number of rotatable bonds is 2. The SMILES string of the molecule is S=c1[nH]nc(N2CCC3CCCCC3C2)n1C1CC1. The van der Waals surface area contributed by atoms with E-state index in [1.807, 2.05) is 0 Å². The van der Waals surface area contributed by atoms with Gasteiger partial charge in [0.25, 0.3) is 0 Å². The van der Waals surface area contributed by atoms with Crippen LogP contribution in [0.25, 0.3) is 0 Å². The first-order valence-electron chi connectivity index (χ1n) is 7.75. The number of hydrogen-bond acceptors (Lipinski definition) is 3. The Bertz CT molecular complexity index is 516. The van der Waals surface area contributed by atoms with Gasteiger partial charge >= 0.3 is 0 Å². The van der Waals surface area contributed by atoms with E-state index in [1.165, 1.54) is 51.5 Å². The molecule has 4 rings (SSSR count). The number of fused-ring (bicyclic) bond motifs is 1. The molecule has 0 radical (unpaired) electrons. The number of nitrogens with zero attached hydrogens (tertiary/aromatic N) is 3. The fourth-order valence-corrected chi connectivity index (χ4v) is 4.24. The van der Waals surface area contributed by atoms with Crippen LogP contribution in [0.3, 0.4) is 0 Å². The van der Waals surface area contributed by atoms with Crippen LogP contribution in [-0.4, -0.2) is 27.9 Å². The lowest BCUT2D eigenvalue weighted by Crippen LogP contribution is -2.43. The number of aromatic amines is 1. The molecule has 2 atom stereocenters. The predicted molar refractivity (Wildman–Crippen MR) is 78.0 cm³/mol. The lowest BCUT2D eigenvalue weighted by atomic mass is 9.75. The van der Waals surface area contributed by atoms with Crippen molar-refractivity contribution < 1.29 is 0 Å². The van der Waals surface area contributed by atoms with E-state index in [4.69, 9.17) is 12.2 Å². The van der Waals surface area contributed by atoms with Crippen molar-refractivity contribution in [1.29, 1.82) is 0 Å². The van der Waals surface area contributed by atoms with E-state index in [2.05, 4.69) is 19.7 Å². The van der Waals surface area contributed by atoms with Crippen LogP contribution in [0.15, 0.2) is 0 Å². The third-order valence-corrected chi connectivity index (χ3v) is 5.46. The molecule has 1 N–H and O–H groups in total. The van der Waals surface area contributed by atoms with Gasteiger partial charge < -0.3 is 4.90 Å². The molecular weight excluding hydrogens is 256 g/mol. The molecule has 4 nitrogen and oxygen atoms in total. The summed E-state index contributed by atoms with van der Waals surface area (Å²) in [5.74, 6) is 2.97. The number of H-pyrrole nitrogens is 1. The lowest BCUT2D eigenvalue weighted by Gasteiger charge is -2.41. The maximum atomic E-state index is 5.39. The molecular formula is C14H22N4S. The summed E-state index contributed by atoms with van der Waals surface area (Å²) in [6, 6.07) is 0.616. The van der Waals surface area contributed by atoms with Gasteiger partial charge in [-0.1, -0.05) is 19.3 Å². The molecule has 2 saturated carbocycles. The van der Waals surface area contributed by atoms with Gasteiger partial charge in [0.15, 0.2) is 4.77 Å². The fraction of sp³-hybridized carbons (Fsp3) is 0.857. The predicted octanol–water partition coefficient (Wildman–Crippen LogP) is 3.29. The van der Waals surface area contributed by atoms with E-state index in [0.29, 0.717) is 6.04 Å². The van der Waals surface area contributed by atoms with Gasteiger partial charge in [0, 0.05) is 19.1 Å². The van der Waals surface area contributed by atoms with E-state index in [1.54, 1.807) is 0 Å². The second kappa shape index (κ2) is 4.62. The zero-order chi connectivity index (χ0) is 12.8. The summed E-state index contributed by atoms with van der Waals surface area (Å²) in [6.07, 6.45) is 9.60. The van der Waals surface area contributed by atoms with Gasteiger partial charge in [0.05, 0.1) is 0 Å². The molecule has 3 fully saturated rings. The first-order chi connectivity index (χ1) is 9.33. The van der Waals surface area contributed by atoms with Crippen molar-refractivity contribution in [3.63, 3.8) is 0 Å². The summed E-state index contributed by atoms with van der Waals surface area (Å²) in [6.45, 7) is 2.35. The van der Waals surface area contributed by atoms with E-state index in [0.717, 1.165) is 29.1 Å². The van der Waals surface area contributed by atoms with Crippen LogP contribution < -0.4 is 4.90 Å². The van der Waals surface area contributed by atoms with E-state index in [-0.39, 0.29) is 0 Å². The smallest absolute Gasteiger partial charge is 0.225 e. The standard InChI is InChI=1S/C14H22N4S/c19-14-16-15-13(18(14)12-5-6-12)17-8-7-10-3-1-2-4-11(10)9-17/h10-12H,1-9H2,(H,16,19). The Morgan fingerprint density at radius 1 is 1.05 bits per heavy atom. The quantitative estimate of drug-likeness (QED) is 0.843. The minimum absolute atomic E-state index is 0.616. The number of aromatic nitrogens is 3. The summed E-state index contributed by atoms with van der Waals surface area (Å²) in [5, 5.41) is 7.51. The Hall–Kier alpha value is -0.840. The molecule has 1 aromatic heterocycles. The summed E-state index contributed by atoms with van der Waals surface area (Å²) < 4.78 is 3.07. The first kappa shape index (κ1) is 11.9. The van der Waals surface area contributed by atoms with Gasteiger partial charge in [-0.2, -0.15) is 0 Å². The van der Waals surface area contributed by atoms with Crippen molar-refractivity contribution in [3.05, 3.63) is 4.77 Å². The Morgan fingerprint density at radius 2 is 1.84 bits per heavy atom. The van der Waals surface area contributed by atoms with Gasteiger partial charge in [0.1, 0.15) is 0 Å². The van der Waals surface area contributed by atoms with Crippen LogP contribution in [0.1, 0.15) is 51.0 Å². The molecule has 2 heterocycles. The van der Waals surface area contributed by atoms with Crippen LogP contribution in [-0.2, 0) is 0 Å². The molecule has 0 bridgehead atoms. The number of anilines is 1. The summed E-state index contributed by atoms with van der Waals surface area (Å²) >= 11 is 5.39. The molecule has 104 valence electrons. The fourth-order valence-electron chi connectivity index (χ4n) is 3.96. The Labute approximate surface area is 119 Å². The van der Waals surface area contributed by atoms with Crippen molar-refractivity contribution in [2.45, 2.75) is 51.0 Å². The van der Waals surface area contributed by atoms with Gasteiger partial charge in [-0.25, -0.2) is 5.10 Å². The minimum Gasteiger partial charge on any atom is -0.341 e. The number of hydrogen-bond donors (Lipinski definition) is 1. The largest absolute Gasteiger partial charge is 0.341 e. The zero-order valence-electron chi connectivity index (χ0n) is 11.3. The molecule has 1 aliphatic heterocycles. The molecule has 0 spiro atoms. The topological polar surface area (TPSA) is 36.9 Å². The van der Waals surface area contributed by atoms with Gasteiger partial charge in [-0.3, -0.25) is 4.57 Å². The molecule has 1 aromatic rings. The van der Waals surface area contributed by atoms with E-state index >= 15 is 0 Å². The van der Waals surface area contributed by atoms with E-state index < -0.39 is 0 Å². The highest BCUT2D eigenvalue weighted by Crippen LogP contribution is 2.41. The van der Waals surface area contributed by atoms with Crippen LogP contribution in [0.5, 0.6) is 0 Å². The average Bonchev–Trinajstić information content (AvgIpc) is 3.21. The zero-order valence-corrected chi connectivity index (χ0v) is 12.2. The molecule has 3 aliphatic rings. The maximum Gasteiger partial charge on any atom is 0.225 e. The first-order valence-corrected chi connectivity index (χ1v) is 8.15. The molecule has 2 aliphatic carbocycles. The van der Waals surface area contributed by atoms with Crippen molar-refractivity contribution in [2.75, 3.05) is 18.0 Å². The van der Waals surface area contributed by atoms with Gasteiger partial charge in [0.2, 0.25) is 5.95 Å². The minimum atomic E-state index is 0.616. The normalized spacial score (nSPS) is 31.3. The second-order valence-corrected chi connectivity index (χ2v) is 6.86. The highest BCUT2D eigenvalue weighted by Gasteiger charge is 2.35. The average molecular weight is 278 g/mol. The highest BCUT2D eigenvalue weighted by atomic mass is 32.1. The number of piperidine rings is 1. The van der Waals surface area contributed by atoms with Crippen molar-refractivity contribution in [1.82, 2.24) is 14.8 Å². The Kier molecular flexibility index (Phi) is 2.90. The molecule has 5 heteroatoms. The van der Waals surface area contributed by atoms with Crippen molar-refractivity contribution in [2.24, 2.45) is 11.8 Å². The van der Waals surface area contributed by atoms with Crippen LogP contribution >= 0.6 is 12.2 Å². The van der Waals surface area contributed by atoms with Crippen LogP contribution in [0.4, 0.5) is 5.95 Å². The highest BCUT2D eigenvalue weighted by molar-refractivity contribution is 7.71. The molecule has 19 heavy (non-hydrogen) atoms. The Morgan fingerprint density at radius 3 is 2.63 bits per heavy atom.